The lowest BCUT2D eigenvalue weighted by Gasteiger charge is -2.03. The van der Waals surface area contributed by atoms with Crippen LogP contribution in [0.3, 0.4) is 0 Å². The third-order valence-corrected chi connectivity index (χ3v) is 5.64. The molecule has 1 aromatic rings. The molecule has 0 radical (unpaired) electrons. The van der Waals surface area contributed by atoms with Crippen LogP contribution >= 0.6 is 11.3 Å². The van der Waals surface area contributed by atoms with Crippen LogP contribution in [0.2, 0.25) is 0 Å². The van der Waals surface area contributed by atoms with Gasteiger partial charge in [-0.3, -0.25) is 0 Å². The molecule has 17 heavy (non-hydrogen) atoms. The number of nitrogens with zero attached hydrogens (tertiary/aromatic N) is 1. The molecular weight excluding hydrogens is 258 g/mol. The molecular formula is C11H17NO3S2. The van der Waals surface area contributed by atoms with Crippen molar-refractivity contribution in [3.63, 3.8) is 0 Å². The molecule has 0 atom stereocenters. The van der Waals surface area contributed by atoms with Gasteiger partial charge >= 0.3 is 0 Å². The highest BCUT2D eigenvalue weighted by Gasteiger charge is 2.21. The Morgan fingerprint density at radius 2 is 2.12 bits per heavy atom. The number of thiazole rings is 1. The maximum Gasteiger partial charge on any atom is 0.158 e. The standard InChI is InChI=1S/C11H17NO3S2/c13-5-6-17(14,15)8-10-7-16-11(12-10)9-3-1-2-4-9/h7,9,13H,1-6,8H2. The van der Waals surface area contributed by atoms with Crippen LogP contribution in [0.15, 0.2) is 5.38 Å². The van der Waals surface area contributed by atoms with E-state index in [1.165, 1.54) is 25.7 Å². The van der Waals surface area contributed by atoms with Crippen molar-refractivity contribution in [3.8, 4) is 0 Å². The zero-order chi connectivity index (χ0) is 12.3. The molecule has 0 aliphatic heterocycles. The molecule has 96 valence electrons. The van der Waals surface area contributed by atoms with Crippen LogP contribution in [0.5, 0.6) is 0 Å². The molecule has 1 heterocycles. The normalized spacial score (nSPS) is 17.7. The van der Waals surface area contributed by atoms with Crippen LogP contribution in [0.4, 0.5) is 0 Å². The van der Waals surface area contributed by atoms with E-state index in [-0.39, 0.29) is 18.1 Å². The average Bonchev–Trinajstić information content (AvgIpc) is 2.85. The molecule has 1 fully saturated rings. The Labute approximate surface area is 106 Å². The van der Waals surface area contributed by atoms with E-state index in [0.29, 0.717) is 11.6 Å². The molecule has 1 N–H and O–H groups in total. The molecule has 6 heteroatoms. The molecule has 0 saturated heterocycles. The molecule has 0 unspecified atom stereocenters. The Bertz CT molecular complexity index is 461. The average molecular weight is 275 g/mol. The van der Waals surface area contributed by atoms with Crippen molar-refractivity contribution < 1.29 is 13.5 Å². The molecule has 1 aliphatic rings. The molecule has 2 rings (SSSR count). The minimum atomic E-state index is -3.20. The Kier molecular flexibility index (Phi) is 4.17. The number of aromatic nitrogens is 1. The lowest BCUT2D eigenvalue weighted by molar-refractivity contribution is 0.319. The molecule has 0 spiro atoms. The summed E-state index contributed by atoms with van der Waals surface area (Å²) in [6.45, 7) is -0.318. The SMILES string of the molecule is O=S(=O)(CCO)Cc1csc(C2CCCC2)n1. The van der Waals surface area contributed by atoms with Gasteiger partial charge in [-0.15, -0.1) is 11.3 Å². The van der Waals surface area contributed by atoms with Crippen LogP contribution < -0.4 is 0 Å². The summed E-state index contributed by atoms with van der Waals surface area (Å²) in [4.78, 5) is 4.42. The van der Waals surface area contributed by atoms with Crippen molar-refractivity contribution in [2.45, 2.75) is 37.4 Å². The second kappa shape index (κ2) is 5.46. The molecule has 0 amide bonds. The third kappa shape index (κ3) is 3.50. The van der Waals surface area contributed by atoms with E-state index in [4.69, 9.17) is 5.11 Å². The van der Waals surface area contributed by atoms with E-state index in [1.807, 2.05) is 5.38 Å². The first-order chi connectivity index (χ1) is 8.11. The number of hydrogen-bond acceptors (Lipinski definition) is 5. The van der Waals surface area contributed by atoms with Crippen molar-refractivity contribution in [1.82, 2.24) is 4.98 Å². The molecule has 0 aromatic carbocycles. The number of hydrogen-bond donors (Lipinski definition) is 1. The monoisotopic (exact) mass is 275 g/mol. The smallest absolute Gasteiger partial charge is 0.158 e. The Hall–Kier alpha value is -0.460. The van der Waals surface area contributed by atoms with Crippen molar-refractivity contribution in [2.75, 3.05) is 12.4 Å². The van der Waals surface area contributed by atoms with Crippen LogP contribution in [-0.2, 0) is 15.6 Å². The largest absolute Gasteiger partial charge is 0.395 e. The Balaban J connectivity index is 2.03. The Morgan fingerprint density at radius 1 is 1.41 bits per heavy atom. The van der Waals surface area contributed by atoms with Gasteiger partial charge in [-0.25, -0.2) is 13.4 Å². The van der Waals surface area contributed by atoms with Gasteiger partial charge in [-0.1, -0.05) is 12.8 Å². The minimum Gasteiger partial charge on any atom is -0.395 e. The van der Waals surface area contributed by atoms with Crippen molar-refractivity contribution in [1.29, 1.82) is 0 Å². The summed E-state index contributed by atoms with van der Waals surface area (Å²) in [7, 11) is -3.20. The van der Waals surface area contributed by atoms with Gasteiger partial charge < -0.3 is 5.11 Å². The predicted octanol–water partition coefficient (Wildman–Crippen LogP) is 1.71. The van der Waals surface area contributed by atoms with Gasteiger partial charge in [0.05, 0.1) is 28.8 Å². The lowest BCUT2D eigenvalue weighted by atomic mass is 10.1. The first-order valence-corrected chi connectivity index (χ1v) is 8.56. The highest BCUT2D eigenvalue weighted by atomic mass is 32.2. The summed E-state index contributed by atoms with van der Waals surface area (Å²) in [5.41, 5.74) is 0.630. The number of rotatable bonds is 5. The van der Waals surface area contributed by atoms with Crippen molar-refractivity contribution in [3.05, 3.63) is 16.1 Å². The maximum atomic E-state index is 11.5. The highest BCUT2D eigenvalue weighted by molar-refractivity contribution is 7.90. The Morgan fingerprint density at radius 3 is 2.76 bits per heavy atom. The second-order valence-electron chi connectivity index (χ2n) is 4.47. The second-order valence-corrected chi connectivity index (χ2v) is 7.55. The van der Waals surface area contributed by atoms with E-state index in [0.717, 1.165) is 5.01 Å². The topological polar surface area (TPSA) is 67.3 Å². The van der Waals surface area contributed by atoms with E-state index >= 15 is 0 Å². The molecule has 1 aromatic heterocycles. The van der Waals surface area contributed by atoms with E-state index in [2.05, 4.69) is 4.98 Å². The number of sulfone groups is 1. The first-order valence-electron chi connectivity index (χ1n) is 5.86. The molecule has 0 bridgehead atoms. The lowest BCUT2D eigenvalue weighted by Crippen LogP contribution is -2.12. The zero-order valence-electron chi connectivity index (χ0n) is 9.63. The van der Waals surface area contributed by atoms with Gasteiger partial charge in [0.15, 0.2) is 9.84 Å². The summed E-state index contributed by atoms with van der Waals surface area (Å²) in [6.07, 6.45) is 4.86. The fourth-order valence-corrected chi connectivity index (χ4v) is 4.30. The van der Waals surface area contributed by atoms with Crippen LogP contribution in [-0.4, -0.2) is 30.9 Å². The van der Waals surface area contributed by atoms with E-state index in [1.54, 1.807) is 11.3 Å². The van der Waals surface area contributed by atoms with E-state index < -0.39 is 9.84 Å². The molecule has 4 nitrogen and oxygen atoms in total. The van der Waals surface area contributed by atoms with E-state index in [9.17, 15) is 8.42 Å². The maximum absolute atomic E-state index is 11.5. The van der Waals surface area contributed by atoms with Gasteiger partial charge in [0, 0.05) is 11.3 Å². The zero-order valence-corrected chi connectivity index (χ0v) is 11.3. The predicted molar refractivity (Wildman–Crippen MR) is 67.9 cm³/mol. The quantitative estimate of drug-likeness (QED) is 0.888. The van der Waals surface area contributed by atoms with Crippen LogP contribution in [0, 0.1) is 0 Å². The van der Waals surface area contributed by atoms with Gasteiger partial charge in [0.2, 0.25) is 0 Å². The summed E-state index contributed by atoms with van der Waals surface area (Å²) in [5, 5.41) is 11.6. The van der Waals surface area contributed by atoms with Gasteiger partial charge in [0.25, 0.3) is 0 Å². The van der Waals surface area contributed by atoms with Gasteiger partial charge in [-0.05, 0) is 12.8 Å². The summed E-state index contributed by atoms with van der Waals surface area (Å²) in [5.74, 6) is 0.314. The summed E-state index contributed by atoms with van der Waals surface area (Å²) in [6, 6.07) is 0. The summed E-state index contributed by atoms with van der Waals surface area (Å²) < 4.78 is 23.1. The third-order valence-electron chi connectivity index (χ3n) is 3.04. The first kappa shape index (κ1) is 13.0. The van der Waals surface area contributed by atoms with Crippen molar-refractivity contribution >= 4 is 21.2 Å². The summed E-state index contributed by atoms with van der Waals surface area (Å²) >= 11 is 1.57. The minimum absolute atomic E-state index is 0.0449. The van der Waals surface area contributed by atoms with Gasteiger partial charge in [-0.2, -0.15) is 0 Å². The van der Waals surface area contributed by atoms with Crippen LogP contribution in [0.25, 0.3) is 0 Å². The van der Waals surface area contributed by atoms with Crippen molar-refractivity contribution in [2.24, 2.45) is 0 Å². The fourth-order valence-electron chi connectivity index (χ4n) is 2.19. The van der Waals surface area contributed by atoms with Crippen LogP contribution in [0.1, 0.15) is 42.3 Å². The number of aliphatic hydroxyl groups is 1. The van der Waals surface area contributed by atoms with Gasteiger partial charge in [0.1, 0.15) is 0 Å². The molecule has 1 aliphatic carbocycles. The number of aliphatic hydroxyl groups excluding tert-OH is 1. The molecule has 1 saturated carbocycles. The highest BCUT2D eigenvalue weighted by Crippen LogP contribution is 2.35. The fraction of sp³-hybridized carbons (Fsp3) is 0.727.